The van der Waals surface area contributed by atoms with Gasteiger partial charge in [-0.2, -0.15) is 0 Å². The van der Waals surface area contributed by atoms with Crippen LogP contribution in [0.4, 0.5) is 4.79 Å². The molecule has 0 bridgehead atoms. The number of carbonyl (C=O) groups excluding carboxylic acids is 1. The lowest BCUT2D eigenvalue weighted by Crippen LogP contribution is -2.25. The van der Waals surface area contributed by atoms with E-state index >= 15 is 0 Å². The van der Waals surface area contributed by atoms with Crippen molar-refractivity contribution in [3.8, 4) is 0 Å². The van der Waals surface area contributed by atoms with Crippen LogP contribution in [0.2, 0.25) is 0 Å². The van der Waals surface area contributed by atoms with E-state index in [4.69, 9.17) is 18.3 Å². The van der Waals surface area contributed by atoms with E-state index in [0.717, 1.165) is 10.9 Å². The zero-order chi connectivity index (χ0) is 20.3. The van der Waals surface area contributed by atoms with Gasteiger partial charge >= 0.3 is 13.9 Å². The minimum Gasteiger partial charge on any atom is -0.446 e. The van der Waals surface area contributed by atoms with Crippen molar-refractivity contribution in [1.82, 2.24) is 4.57 Å². The van der Waals surface area contributed by atoms with E-state index in [1.54, 1.807) is 47.7 Å². The van der Waals surface area contributed by atoms with E-state index in [1.807, 2.05) is 30.3 Å². The highest BCUT2D eigenvalue weighted by atomic mass is 31.2. The lowest BCUT2D eigenvalue weighted by atomic mass is 10.2. The van der Waals surface area contributed by atoms with Crippen LogP contribution in [0.15, 0.2) is 36.5 Å². The number of carbonyl (C=O) groups is 1. The van der Waals surface area contributed by atoms with Crippen molar-refractivity contribution in [3.05, 3.63) is 36.5 Å². The maximum Gasteiger partial charge on any atom is 0.475 e. The number of hydrogen-bond donors (Lipinski definition) is 0. The van der Waals surface area contributed by atoms with Crippen molar-refractivity contribution in [3.63, 3.8) is 0 Å². The molecule has 0 spiro atoms. The first kappa shape index (κ1) is 21.6. The summed E-state index contributed by atoms with van der Waals surface area (Å²) in [5.74, 6) is 0. The van der Waals surface area contributed by atoms with E-state index in [9.17, 15) is 9.36 Å². The van der Waals surface area contributed by atoms with Crippen molar-refractivity contribution in [2.75, 3.05) is 13.2 Å². The van der Waals surface area contributed by atoms with Gasteiger partial charge in [0.05, 0.1) is 23.3 Å². The molecule has 150 valence electrons. The van der Waals surface area contributed by atoms with Crippen LogP contribution < -0.4 is 0 Å². The summed E-state index contributed by atoms with van der Waals surface area (Å²) in [6.07, 6.45) is 1.10. The molecular weight excluding hydrogens is 369 g/mol. The number of ether oxygens (including phenoxy) is 1. The van der Waals surface area contributed by atoms with Crippen molar-refractivity contribution >= 4 is 24.8 Å². The third kappa shape index (κ3) is 6.78. The predicted molar refractivity (Wildman–Crippen MR) is 104 cm³/mol. The van der Waals surface area contributed by atoms with Gasteiger partial charge < -0.3 is 4.74 Å². The van der Waals surface area contributed by atoms with Crippen LogP contribution in [0.1, 0.15) is 41.5 Å². The summed E-state index contributed by atoms with van der Waals surface area (Å²) in [6.45, 7) is 10.3. The van der Waals surface area contributed by atoms with Crippen LogP contribution in [-0.4, -0.2) is 35.1 Å². The number of rotatable bonds is 6. The average molecular weight is 397 g/mol. The standard InChI is InChI=1S/C19H28NO6P/c1-18(2,3)25-27(22,26-19(4,5)6)24-14-13-23-17(21)20-12-11-15-9-7-8-10-16(15)20/h7-12H,13-14H2,1-6H3. The number of fused-ring (bicyclic) bond motifs is 1. The quantitative estimate of drug-likeness (QED) is 0.481. The largest absolute Gasteiger partial charge is 0.475 e. The van der Waals surface area contributed by atoms with Gasteiger partial charge in [0.15, 0.2) is 0 Å². The molecule has 8 heteroatoms. The van der Waals surface area contributed by atoms with Gasteiger partial charge in [-0.25, -0.2) is 9.36 Å². The Kier molecular flexibility index (Phi) is 6.53. The van der Waals surface area contributed by atoms with Gasteiger partial charge in [-0.1, -0.05) is 18.2 Å². The Bertz CT molecular complexity index is 811. The van der Waals surface area contributed by atoms with E-state index in [1.165, 1.54) is 4.57 Å². The van der Waals surface area contributed by atoms with Gasteiger partial charge in [-0.3, -0.25) is 18.1 Å². The second kappa shape index (κ2) is 8.15. The molecule has 0 atom stereocenters. The van der Waals surface area contributed by atoms with Crippen LogP contribution in [-0.2, 0) is 22.9 Å². The number of benzene rings is 1. The smallest absolute Gasteiger partial charge is 0.446 e. The van der Waals surface area contributed by atoms with E-state index in [0.29, 0.717) is 0 Å². The molecule has 0 aliphatic rings. The molecule has 0 aliphatic carbocycles. The second-order valence-electron chi connectivity index (χ2n) is 8.05. The van der Waals surface area contributed by atoms with Gasteiger partial charge in [0.25, 0.3) is 0 Å². The van der Waals surface area contributed by atoms with Gasteiger partial charge in [0.2, 0.25) is 0 Å². The topological polar surface area (TPSA) is 76.0 Å². The number of hydrogen-bond acceptors (Lipinski definition) is 6. The molecular formula is C19H28NO6P. The maximum atomic E-state index is 12.9. The summed E-state index contributed by atoms with van der Waals surface area (Å²) < 4.78 is 35.9. The molecule has 0 amide bonds. The van der Waals surface area contributed by atoms with Crippen molar-refractivity contribution in [2.24, 2.45) is 0 Å². The van der Waals surface area contributed by atoms with Crippen molar-refractivity contribution < 1.29 is 27.7 Å². The fourth-order valence-corrected chi connectivity index (χ4v) is 4.11. The molecule has 0 saturated heterocycles. The zero-order valence-corrected chi connectivity index (χ0v) is 17.6. The Labute approximate surface area is 160 Å². The molecule has 2 aromatic rings. The number of aromatic nitrogens is 1. The zero-order valence-electron chi connectivity index (χ0n) is 16.7. The second-order valence-corrected chi connectivity index (χ2v) is 9.56. The van der Waals surface area contributed by atoms with Gasteiger partial charge in [-0.05, 0) is 53.7 Å². The molecule has 1 aromatic carbocycles. The molecule has 1 heterocycles. The Balaban J connectivity index is 1.94. The van der Waals surface area contributed by atoms with Crippen LogP contribution in [0.5, 0.6) is 0 Å². The molecule has 7 nitrogen and oxygen atoms in total. The summed E-state index contributed by atoms with van der Waals surface area (Å²) >= 11 is 0. The molecule has 2 rings (SSSR count). The van der Waals surface area contributed by atoms with E-state index < -0.39 is 25.1 Å². The van der Waals surface area contributed by atoms with Crippen molar-refractivity contribution in [1.29, 1.82) is 0 Å². The first-order valence-corrected chi connectivity index (χ1v) is 10.2. The van der Waals surface area contributed by atoms with E-state index in [2.05, 4.69) is 0 Å². The van der Waals surface area contributed by atoms with Gasteiger partial charge in [0.1, 0.15) is 6.61 Å². The Morgan fingerprint density at radius 2 is 1.56 bits per heavy atom. The molecule has 0 aliphatic heterocycles. The normalized spacial score (nSPS) is 13.1. The Morgan fingerprint density at radius 1 is 0.963 bits per heavy atom. The molecule has 0 saturated carbocycles. The Hall–Kier alpha value is -1.66. The molecule has 0 fully saturated rings. The SMILES string of the molecule is CC(C)(C)OP(=O)(OCCOC(=O)n1ccc2ccccc21)OC(C)(C)C. The Morgan fingerprint density at radius 3 is 2.15 bits per heavy atom. The monoisotopic (exact) mass is 397 g/mol. The lowest BCUT2D eigenvalue weighted by molar-refractivity contribution is -0.00195. The highest BCUT2D eigenvalue weighted by Crippen LogP contribution is 2.55. The summed E-state index contributed by atoms with van der Waals surface area (Å²) in [7, 11) is -3.82. The van der Waals surface area contributed by atoms with Crippen LogP contribution in [0.3, 0.4) is 0 Å². The number of phosphoric acid groups is 1. The first-order chi connectivity index (χ1) is 12.4. The summed E-state index contributed by atoms with van der Waals surface area (Å²) in [6, 6.07) is 9.31. The van der Waals surface area contributed by atoms with Gasteiger partial charge in [-0.15, -0.1) is 0 Å². The number of nitrogens with zero attached hydrogens (tertiary/aromatic N) is 1. The highest BCUT2D eigenvalue weighted by Gasteiger charge is 2.37. The summed E-state index contributed by atoms with van der Waals surface area (Å²) in [5, 5.41) is 0.937. The van der Waals surface area contributed by atoms with Crippen LogP contribution in [0, 0.1) is 0 Å². The lowest BCUT2D eigenvalue weighted by Gasteiger charge is -2.30. The number of para-hydroxylation sites is 1. The molecule has 1 aromatic heterocycles. The van der Waals surface area contributed by atoms with Crippen molar-refractivity contribution in [2.45, 2.75) is 52.7 Å². The number of phosphoric ester groups is 1. The fraction of sp³-hybridized carbons (Fsp3) is 0.526. The highest BCUT2D eigenvalue weighted by molar-refractivity contribution is 7.48. The minimum absolute atomic E-state index is 0.0870. The molecule has 27 heavy (non-hydrogen) atoms. The maximum absolute atomic E-state index is 12.9. The minimum atomic E-state index is -3.82. The average Bonchev–Trinajstić information content (AvgIpc) is 2.91. The van der Waals surface area contributed by atoms with Crippen LogP contribution >= 0.6 is 7.82 Å². The van der Waals surface area contributed by atoms with E-state index in [-0.39, 0.29) is 13.2 Å². The molecule has 0 radical (unpaired) electrons. The van der Waals surface area contributed by atoms with Crippen LogP contribution in [0.25, 0.3) is 10.9 Å². The predicted octanol–water partition coefficient (Wildman–Crippen LogP) is 5.38. The first-order valence-electron chi connectivity index (χ1n) is 8.78. The molecule has 0 N–H and O–H groups in total. The van der Waals surface area contributed by atoms with Gasteiger partial charge in [0, 0.05) is 11.6 Å². The summed E-state index contributed by atoms with van der Waals surface area (Å²) in [4.78, 5) is 12.3. The molecule has 0 unspecified atom stereocenters. The third-order valence-electron chi connectivity index (χ3n) is 3.13. The third-order valence-corrected chi connectivity index (χ3v) is 5.17. The summed E-state index contributed by atoms with van der Waals surface area (Å²) in [5.41, 5.74) is -0.690. The fourth-order valence-electron chi connectivity index (χ4n) is 2.33.